The van der Waals surface area contributed by atoms with Crippen molar-refractivity contribution in [3.63, 3.8) is 0 Å². The molecule has 0 unspecified atom stereocenters. The van der Waals surface area contributed by atoms with Gasteiger partial charge in [0.05, 0.1) is 24.7 Å². The molecular weight excluding hydrogens is 392 g/mol. The molecule has 1 aliphatic heterocycles. The van der Waals surface area contributed by atoms with E-state index in [9.17, 15) is 9.59 Å². The predicted molar refractivity (Wildman–Crippen MR) is 111 cm³/mol. The molecule has 1 aromatic carbocycles. The van der Waals surface area contributed by atoms with Crippen molar-refractivity contribution in [2.24, 2.45) is 0 Å². The Morgan fingerprint density at radius 1 is 1.14 bits per heavy atom. The molecule has 156 valence electrons. The van der Waals surface area contributed by atoms with Crippen LogP contribution in [0.25, 0.3) is 0 Å². The topological polar surface area (TPSA) is 97.9 Å². The van der Waals surface area contributed by atoms with Gasteiger partial charge in [-0.1, -0.05) is 29.4 Å². The van der Waals surface area contributed by atoms with Crippen molar-refractivity contribution in [2.45, 2.75) is 20.0 Å². The summed E-state index contributed by atoms with van der Waals surface area (Å²) in [5.41, 5.74) is 2.38. The molecule has 2 aromatic rings. The van der Waals surface area contributed by atoms with Gasteiger partial charge in [0.25, 0.3) is 0 Å². The Bertz CT molecular complexity index is 820. The second-order valence-electron chi connectivity index (χ2n) is 6.95. The molecule has 3 N–H and O–H groups in total. The molecule has 2 heterocycles. The van der Waals surface area contributed by atoms with Gasteiger partial charge in [-0.25, -0.2) is 0 Å². The lowest BCUT2D eigenvalue weighted by Crippen LogP contribution is -3.12. The van der Waals surface area contributed by atoms with Gasteiger partial charge in [-0.15, -0.1) is 11.8 Å². The Morgan fingerprint density at radius 2 is 1.86 bits per heavy atom. The fraction of sp³-hybridized carbons (Fsp3) is 0.450. The highest BCUT2D eigenvalue weighted by atomic mass is 32.2. The first-order chi connectivity index (χ1) is 14.1. The van der Waals surface area contributed by atoms with Gasteiger partial charge in [0.2, 0.25) is 11.8 Å². The Hall–Kier alpha value is -2.36. The van der Waals surface area contributed by atoms with E-state index in [4.69, 9.17) is 9.26 Å². The van der Waals surface area contributed by atoms with E-state index < -0.39 is 0 Å². The number of hydrogen-bond donors (Lipinski definition) is 3. The number of benzene rings is 1. The summed E-state index contributed by atoms with van der Waals surface area (Å²) in [5.74, 6) is 1.11. The molecule has 0 bridgehead atoms. The molecule has 0 atom stereocenters. The lowest BCUT2D eigenvalue weighted by Gasteiger charge is -2.24. The van der Waals surface area contributed by atoms with E-state index >= 15 is 0 Å². The Morgan fingerprint density at radius 3 is 2.59 bits per heavy atom. The molecule has 1 fully saturated rings. The van der Waals surface area contributed by atoms with Gasteiger partial charge >= 0.3 is 0 Å². The van der Waals surface area contributed by atoms with Crippen molar-refractivity contribution in [1.82, 2.24) is 10.5 Å². The third-order valence-electron chi connectivity index (χ3n) is 4.60. The molecule has 1 saturated heterocycles. The number of quaternary nitrogens is 1. The number of carbonyl (C=O) groups excluding carboxylic acids is 2. The van der Waals surface area contributed by atoms with Crippen LogP contribution in [0, 0.1) is 6.92 Å². The number of aryl methyl sites for hydroxylation is 1. The average molecular weight is 420 g/mol. The summed E-state index contributed by atoms with van der Waals surface area (Å²) in [4.78, 5) is 25.5. The highest BCUT2D eigenvalue weighted by Crippen LogP contribution is 2.10. The Kier molecular flexibility index (Phi) is 8.09. The largest absolute Gasteiger partial charge is 0.370 e. The van der Waals surface area contributed by atoms with Crippen LogP contribution in [0.15, 0.2) is 34.9 Å². The fourth-order valence-electron chi connectivity index (χ4n) is 3.09. The number of hydrogen-bond acceptors (Lipinski definition) is 6. The van der Waals surface area contributed by atoms with E-state index in [0.717, 1.165) is 38.4 Å². The lowest BCUT2D eigenvalue weighted by atomic mass is 10.1. The van der Waals surface area contributed by atoms with Crippen molar-refractivity contribution in [2.75, 3.05) is 43.1 Å². The van der Waals surface area contributed by atoms with Gasteiger partial charge in [-0.3, -0.25) is 9.59 Å². The van der Waals surface area contributed by atoms with Crippen LogP contribution in [0.4, 0.5) is 5.82 Å². The molecule has 8 nitrogen and oxygen atoms in total. The van der Waals surface area contributed by atoms with Gasteiger partial charge in [0.1, 0.15) is 25.4 Å². The van der Waals surface area contributed by atoms with Crippen LogP contribution in [0.1, 0.15) is 16.9 Å². The first-order valence-corrected chi connectivity index (χ1v) is 10.8. The number of anilines is 1. The SMILES string of the molecule is Cc1cc(NC(=O)CSCC(=O)NCc2ccccc2C[NH+]2CCOCC2)no1. The number of carbonyl (C=O) groups is 2. The van der Waals surface area contributed by atoms with Gasteiger partial charge in [0.15, 0.2) is 5.82 Å². The van der Waals surface area contributed by atoms with E-state index in [-0.39, 0.29) is 23.3 Å². The Balaban J connectivity index is 1.38. The van der Waals surface area contributed by atoms with Crippen LogP contribution in [0.5, 0.6) is 0 Å². The molecule has 9 heteroatoms. The smallest absolute Gasteiger partial charge is 0.235 e. The van der Waals surface area contributed by atoms with E-state index in [1.807, 2.05) is 12.1 Å². The van der Waals surface area contributed by atoms with Gasteiger partial charge in [0, 0.05) is 18.2 Å². The quantitative estimate of drug-likeness (QED) is 0.544. The standard InChI is InChI=1S/C20H26N4O4S/c1-15-10-18(23-28-15)22-20(26)14-29-13-19(25)21-11-16-4-2-3-5-17(16)12-24-6-8-27-9-7-24/h2-5,10H,6-9,11-14H2,1H3,(H,21,25)(H,22,23,26)/p+1. The number of thioether (sulfide) groups is 1. The third kappa shape index (κ3) is 7.19. The summed E-state index contributed by atoms with van der Waals surface area (Å²) in [5, 5.41) is 9.29. The summed E-state index contributed by atoms with van der Waals surface area (Å²) >= 11 is 1.26. The number of nitrogens with zero attached hydrogens (tertiary/aromatic N) is 1. The third-order valence-corrected chi connectivity index (χ3v) is 5.53. The summed E-state index contributed by atoms with van der Waals surface area (Å²) in [6.07, 6.45) is 0. The molecule has 29 heavy (non-hydrogen) atoms. The lowest BCUT2D eigenvalue weighted by molar-refractivity contribution is -0.921. The fourth-order valence-corrected chi connectivity index (χ4v) is 3.74. The zero-order valence-corrected chi connectivity index (χ0v) is 17.3. The predicted octanol–water partition coefficient (Wildman–Crippen LogP) is 0.386. The zero-order chi connectivity index (χ0) is 20.5. The number of aromatic nitrogens is 1. The van der Waals surface area contributed by atoms with E-state index in [1.54, 1.807) is 13.0 Å². The summed E-state index contributed by atoms with van der Waals surface area (Å²) in [6, 6.07) is 9.84. The molecule has 1 aromatic heterocycles. The molecule has 0 saturated carbocycles. The van der Waals surface area contributed by atoms with E-state index in [2.05, 4.69) is 27.9 Å². The van der Waals surface area contributed by atoms with Crippen molar-refractivity contribution in [3.8, 4) is 0 Å². The van der Waals surface area contributed by atoms with Crippen LogP contribution in [-0.4, -0.2) is 54.8 Å². The van der Waals surface area contributed by atoms with E-state index in [1.165, 1.54) is 22.2 Å². The maximum Gasteiger partial charge on any atom is 0.235 e. The van der Waals surface area contributed by atoms with Crippen molar-refractivity contribution in [1.29, 1.82) is 0 Å². The first-order valence-electron chi connectivity index (χ1n) is 9.66. The Labute approximate surface area is 174 Å². The number of morpholine rings is 1. The molecule has 2 amide bonds. The highest BCUT2D eigenvalue weighted by molar-refractivity contribution is 8.00. The van der Waals surface area contributed by atoms with Crippen LogP contribution in [-0.2, 0) is 27.4 Å². The minimum Gasteiger partial charge on any atom is -0.370 e. The van der Waals surface area contributed by atoms with E-state index in [0.29, 0.717) is 18.1 Å². The molecule has 0 radical (unpaired) electrons. The van der Waals surface area contributed by atoms with Crippen molar-refractivity contribution < 1.29 is 23.7 Å². The van der Waals surface area contributed by atoms with Gasteiger partial charge in [-0.05, 0) is 12.5 Å². The van der Waals surface area contributed by atoms with Gasteiger partial charge in [-0.2, -0.15) is 0 Å². The minimum atomic E-state index is -0.213. The number of rotatable bonds is 9. The molecule has 0 aliphatic carbocycles. The zero-order valence-electron chi connectivity index (χ0n) is 16.5. The summed E-state index contributed by atoms with van der Waals surface area (Å²) < 4.78 is 10.3. The van der Waals surface area contributed by atoms with Crippen LogP contribution in [0.2, 0.25) is 0 Å². The number of nitrogens with one attached hydrogen (secondary N) is 3. The second-order valence-corrected chi connectivity index (χ2v) is 7.93. The average Bonchev–Trinajstić information content (AvgIpc) is 3.12. The second kappa shape index (κ2) is 11.0. The van der Waals surface area contributed by atoms with Crippen LogP contribution < -0.4 is 15.5 Å². The van der Waals surface area contributed by atoms with Crippen molar-refractivity contribution >= 4 is 29.4 Å². The first kappa shape index (κ1) is 21.4. The minimum absolute atomic E-state index is 0.0893. The summed E-state index contributed by atoms with van der Waals surface area (Å²) in [7, 11) is 0. The highest BCUT2D eigenvalue weighted by Gasteiger charge is 2.16. The van der Waals surface area contributed by atoms with Crippen molar-refractivity contribution in [3.05, 3.63) is 47.2 Å². The monoisotopic (exact) mass is 419 g/mol. The normalized spacial score (nSPS) is 14.5. The molecular formula is C20H27N4O4S+. The maximum absolute atomic E-state index is 12.1. The van der Waals surface area contributed by atoms with Crippen LogP contribution in [0.3, 0.4) is 0 Å². The summed E-state index contributed by atoms with van der Waals surface area (Å²) in [6.45, 7) is 6.79. The molecule has 1 aliphatic rings. The van der Waals surface area contributed by atoms with Crippen LogP contribution >= 0.6 is 11.8 Å². The number of amides is 2. The van der Waals surface area contributed by atoms with Gasteiger partial charge < -0.3 is 24.8 Å². The molecule has 0 spiro atoms. The maximum atomic E-state index is 12.1. The molecule has 3 rings (SSSR count). The number of ether oxygens (including phenoxy) is 1.